The highest BCUT2D eigenvalue weighted by atomic mass is 79.9. The van der Waals surface area contributed by atoms with Gasteiger partial charge in [-0.05, 0) is 33.6 Å². The number of halogens is 1. The van der Waals surface area contributed by atoms with E-state index in [9.17, 15) is 0 Å². The standard InChI is InChI=1S/C13H20BrNO2/c1-13(2,9-15-6-7-16)10-4-5-12(17-3)11(14)8-10/h4-5,8,15-16H,6-7,9H2,1-3H3. The number of aliphatic hydroxyl groups is 1. The van der Waals surface area contributed by atoms with Gasteiger partial charge in [0.15, 0.2) is 0 Å². The van der Waals surface area contributed by atoms with E-state index in [1.54, 1.807) is 7.11 Å². The van der Waals surface area contributed by atoms with Crippen LogP contribution in [-0.2, 0) is 5.41 Å². The van der Waals surface area contributed by atoms with Gasteiger partial charge in [-0.1, -0.05) is 19.9 Å². The number of ether oxygens (including phenoxy) is 1. The van der Waals surface area contributed by atoms with Crippen molar-refractivity contribution in [3.63, 3.8) is 0 Å². The maximum Gasteiger partial charge on any atom is 0.133 e. The van der Waals surface area contributed by atoms with E-state index >= 15 is 0 Å². The van der Waals surface area contributed by atoms with Crippen molar-refractivity contribution in [2.45, 2.75) is 19.3 Å². The van der Waals surface area contributed by atoms with E-state index in [0.717, 1.165) is 16.8 Å². The highest BCUT2D eigenvalue weighted by molar-refractivity contribution is 9.10. The summed E-state index contributed by atoms with van der Waals surface area (Å²) < 4.78 is 6.18. The lowest BCUT2D eigenvalue weighted by Crippen LogP contribution is -2.34. The number of hydrogen-bond acceptors (Lipinski definition) is 3. The predicted octanol–water partition coefficient (Wildman–Crippen LogP) is 2.32. The first-order valence-electron chi connectivity index (χ1n) is 5.67. The Morgan fingerprint density at radius 1 is 1.41 bits per heavy atom. The van der Waals surface area contributed by atoms with Gasteiger partial charge in [0, 0.05) is 18.5 Å². The second-order valence-electron chi connectivity index (χ2n) is 4.63. The van der Waals surface area contributed by atoms with Crippen molar-refractivity contribution in [2.75, 3.05) is 26.8 Å². The van der Waals surface area contributed by atoms with Gasteiger partial charge in [-0.2, -0.15) is 0 Å². The molecule has 0 unspecified atom stereocenters. The summed E-state index contributed by atoms with van der Waals surface area (Å²) in [7, 11) is 1.66. The maximum atomic E-state index is 8.76. The first kappa shape index (κ1) is 14.5. The van der Waals surface area contributed by atoms with Gasteiger partial charge in [-0.15, -0.1) is 0 Å². The fourth-order valence-electron chi connectivity index (χ4n) is 1.67. The van der Waals surface area contributed by atoms with Crippen molar-refractivity contribution in [2.24, 2.45) is 0 Å². The summed E-state index contributed by atoms with van der Waals surface area (Å²) in [5.74, 6) is 0.841. The fraction of sp³-hybridized carbons (Fsp3) is 0.538. The quantitative estimate of drug-likeness (QED) is 0.792. The minimum atomic E-state index is 0.0178. The molecule has 0 fully saturated rings. The smallest absolute Gasteiger partial charge is 0.133 e. The summed E-state index contributed by atoms with van der Waals surface area (Å²) in [6.07, 6.45) is 0. The lowest BCUT2D eigenvalue weighted by Gasteiger charge is -2.26. The summed E-state index contributed by atoms with van der Waals surface area (Å²) in [4.78, 5) is 0. The zero-order valence-electron chi connectivity index (χ0n) is 10.6. The van der Waals surface area contributed by atoms with Crippen LogP contribution in [0.2, 0.25) is 0 Å². The highest BCUT2D eigenvalue weighted by Gasteiger charge is 2.20. The van der Waals surface area contributed by atoms with Crippen LogP contribution in [-0.4, -0.2) is 31.9 Å². The molecule has 0 aromatic heterocycles. The van der Waals surface area contributed by atoms with Gasteiger partial charge < -0.3 is 15.2 Å². The minimum absolute atomic E-state index is 0.0178. The third kappa shape index (κ3) is 3.98. The first-order chi connectivity index (χ1) is 8.01. The molecule has 2 N–H and O–H groups in total. The molecule has 17 heavy (non-hydrogen) atoms. The molecule has 3 nitrogen and oxygen atoms in total. The largest absolute Gasteiger partial charge is 0.496 e. The summed E-state index contributed by atoms with van der Waals surface area (Å²) in [5.41, 5.74) is 1.25. The van der Waals surface area contributed by atoms with Crippen LogP contribution in [0.25, 0.3) is 0 Å². The highest BCUT2D eigenvalue weighted by Crippen LogP contribution is 2.31. The van der Waals surface area contributed by atoms with Crippen molar-refractivity contribution in [1.82, 2.24) is 5.32 Å². The third-order valence-electron chi connectivity index (χ3n) is 2.79. The average molecular weight is 302 g/mol. The van der Waals surface area contributed by atoms with Crippen LogP contribution >= 0.6 is 15.9 Å². The molecule has 0 saturated heterocycles. The second kappa shape index (κ2) is 6.38. The first-order valence-corrected chi connectivity index (χ1v) is 6.46. The minimum Gasteiger partial charge on any atom is -0.496 e. The molecular weight excluding hydrogens is 282 g/mol. The van der Waals surface area contributed by atoms with Crippen LogP contribution in [0.4, 0.5) is 0 Å². The number of rotatable bonds is 6. The zero-order valence-corrected chi connectivity index (χ0v) is 12.2. The van der Waals surface area contributed by atoms with E-state index in [1.165, 1.54) is 5.56 Å². The normalized spacial score (nSPS) is 11.6. The van der Waals surface area contributed by atoms with Crippen molar-refractivity contribution < 1.29 is 9.84 Å². The fourth-order valence-corrected chi connectivity index (χ4v) is 2.21. The SMILES string of the molecule is COc1ccc(C(C)(C)CNCCO)cc1Br. The molecule has 0 aliphatic rings. The molecular formula is C13H20BrNO2. The summed E-state index contributed by atoms with van der Waals surface area (Å²) in [6, 6.07) is 6.12. The van der Waals surface area contributed by atoms with Crippen molar-refractivity contribution >= 4 is 15.9 Å². The predicted molar refractivity (Wildman–Crippen MR) is 73.7 cm³/mol. The maximum absolute atomic E-state index is 8.76. The Bertz CT molecular complexity index is 366. The zero-order chi connectivity index (χ0) is 12.9. The van der Waals surface area contributed by atoms with Gasteiger partial charge in [0.05, 0.1) is 18.2 Å². The molecule has 0 amide bonds. The summed E-state index contributed by atoms with van der Waals surface area (Å²) in [5, 5.41) is 12.0. The van der Waals surface area contributed by atoms with E-state index in [2.05, 4.69) is 47.2 Å². The Morgan fingerprint density at radius 2 is 2.12 bits per heavy atom. The molecule has 0 saturated carbocycles. The molecule has 0 radical (unpaired) electrons. The Morgan fingerprint density at radius 3 is 2.65 bits per heavy atom. The van der Waals surface area contributed by atoms with Gasteiger partial charge in [-0.3, -0.25) is 0 Å². The van der Waals surface area contributed by atoms with Gasteiger partial charge in [0.25, 0.3) is 0 Å². The summed E-state index contributed by atoms with van der Waals surface area (Å²) in [6.45, 7) is 5.96. The molecule has 1 rings (SSSR count). The van der Waals surface area contributed by atoms with Crippen LogP contribution in [0.3, 0.4) is 0 Å². The summed E-state index contributed by atoms with van der Waals surface area (Å²) >= 11 is 3.50. The molecule has 1 aromatic rings. The number of nitrogens with one attached hydrogen (secondary N) is 1. The Kier molecular flexibility index (Phi) is 5.43. The number of methoxy groups -OCH3 is 1. The average Bonchev–Trinajstić information content (AvgIpc) is 2.29. The second-order valence-corrected chi connectivity index (χ2v) is 5.49. The van der Waals surface area contributed by atoms with Crippen LogP contribution in [0.5, 0.6) is 5.75 Å². The molecule has 0 atom stereocenters. The lowest BCUT2D eigenvalue weighted by atomic mass is 9.84. The van der Waals surface area contributed by atoms with Gasteiger partial charge >= 0.3 is 0 Å². The molecule has 96 valence electrons. The molecule has 0 spiro atoms. The van der Waals surface area contributed by atoms with Crippen LogP contribution in [0.15, 0.2) is 22.7 Å². The van der Waals surface area contributed by atoms with Crippen LogP contribution in [0.1, 0.15) is 19.4 Å². The van der Waals surface area contributed by atoms with Crippen molar-refractivity contribution in [1.29, 1.82) is 0 Å². The van der Waals surface area contributed by atoms with Gasteiger partial charge in [0.2, 0.25) is 0 Å². The van der Waals surface area contributed by atoms with Gasteiger partial charge in [-0.25, -0.2) is 0 Å². The van der Waals surface area contributed by atoms with Crippen LogP contribution in [0, 0.1) is 0 Å². The van der Waals surface area contributed by atoms with E-state index < -0.39 is 0 Å². The molecule has 0 aliphatic heterocycles. The van der Waals surface area contributed by atoms with Crippen molar-refractivity contribution in [3.05, 3.63) is 28.2 Å². The third-order valence-corrected chi connectivity index (χ3v) is 3.41. The molecule has 4 heteroatoms. The Hall–Kier alpha value is -0.580. The number of benzene rings is 1. The molecule has 1 aromatic carbocycles. The van der Waals surface area contributed by atoms with E-state index in [4.69, 9.17) is 9.84 Å². The van der Waals surface area contributed by atoms with Crippen molar-refractivity contribution in [3.8, 4) is 5.75 Å². The monoisotopic (exact) mass is 301 g/mol. The Balaban J connectivity index is 2.80. The number of hydrogen-bond donors (Lipinski definition) is 2. The number of aliphatic hydroxyl groups excluding tert-OH is 1. The van der Waals surface area contributed by atoms with Crippen LogP contribution < -0.4 is 10.1 Å². The Labute approximate surface area is 111 Å². The molecule has 0 heterocycles. The molecule has 0 aliphatic carbocycles. The van der Waals surface area contributed by atoms with E-state index in [1.807, 2.05) is 6.07 Å². The van der Waals surface area contributed by atoms with E-state index in [0.29, 0.717) is 6.54 Å². The topological polar surface area (TPSA) is 41.5 Å². The van der Waals surface area contributed by atoms with Gasteiger partial charge in [0.1, 0.15) is 5.75 Å². The molecule has 0 bridgehead atoms. The lowest BCUT2D eigenvalue weighted by molar-refractivity contribution is 0.286. The van der Waals surface area contributed by atoms with E-state index in [-0.39, 0.29) is 12.0 Å².